The molecule has 1 aromatic rings. The minimum Gasteiger partial charge on any atom is -0.346 e. The molecule has 2 N–H and O–H groups in total. The zero-order chi connectivity index (χ0) is 12.1. The summed E-state index contributed by atoms with van der Waals surface area (Å²) in [5.41, 5.74) is 8.09. The molecule has 3 heteroatoms. The van der Waals surface area contributed by atoms with E-state index in [4.69, 9.17) is 15.2 Å². The molecule has 0 aromatic heterocycles. The summed E-state index contributed by atoms with van der Waals surface area (Å²) in [7, 11) is 0. The average molecular weight is 235 g/mol. The van der Waals surface area contributed by atoms with Gasteiger partial charge in [0.05, 0.1) is 13.2 Å². The molecule has 94 valence electrons. The maximum Gasteiger partial charge on any atom is 0.195 e. The quantitative estimate of drug-likeness (QED) is 0.870. The Bertz CT molecular complexity index is 336. The Kier molecular flexibility index (Phi) is 4.15. The van der Waals surface area contributed by atoms with Crippen molar-refractivity contribution in [2.75, 3.05) is 19.8 Å². The molecule has 1 aromatic carbocycles. The predicted octanol–water partition coefficient (Wildman–Crippen LogP) is 2.19. The Morgan fingerprint density at radius 1 is 1.18 bits per heavy atom. The van der Waals surface area contributed by atoms with Crippen LogP contribution in [-0.4, -0.2) is 19.8 Å². The van der Waals surface area contributed by atoms with Crippen LogP contribution in [0.4, 0.5) is 0 Å². The van der Waals surface area contributed by atoms with Crippen molar-refractivity contribution in [3.8, 4) is 0 Å². The maximum atomic E-state index is 5.86. The van der Waals surface area contributed by atoms with Gasteiger partial charge in [0.15, 0.2) is 5.79 Å². The molecular weight excluding hydrogens is 214 g/mol. The van der Waals surface area contributed by atoms with E-state index in [9.17, 15) is 0 Å². The fourth-order valence-corrected chi connectivity index (χ4v) is 2.21. The van der Waals surface area contributed by atoms with E-state index in [1.165, 1.54) is 5.56 Å². The molecule has 1 fully saturated rings. The molecule has 3 nitrogen and oxygen atoms in total. The molecule has 0 bridgehead atoms. The summed E-state index contributed by atoms with van der Waals surface area (Å²) in [5.74, 6) is -0.612. The zero-order valence-electron chi connectivity index (χ0n) is 10.4. The number of hydrogen-bond donors (Lipinski definition) is 1. The first-order chi connectivity index (χ1) is 8.30. The summed E-state index contributed by atoms with van der Waals surface area (Å²) in [6.45, 7) is 4.21. The van der Waals surface area contributed by atoms with E-state index >= 15 is 0 Å². The average Bonchev–Trinajstić information content (AvgIpc) is 2.40. The highest BCUT2D eigenvalue weighted by Crippen LogP contribution is 2.33. The number of hydrogen-bond acceptors (Lipinski definition) is 3. The molecule has 0 atom stereocenters. The second-order valence-corrected chi connectivity index (χ2v) is 4.39. The van der Waals surface area contributed by atoms with Gasteiger partial charge in [-0.05, 0) is 24.9 Å². The fraction of sp³-hybridized carbons (Fsp3) is 0.571. The van der Waals surface area contributed by atoms with Gasteiger partial charge in [0, 0.05) is 12.0 Å². The molecule has 0 unspecified atom stereocenters. The summed E-state index contributed by atoms with van der Waals surface area (Å²) in [5, 5.41) is 0. The van der Waals surface area contributed by atoms with Crippen LogP contribution in [0.3, 0.4) is 0 Å². The van der Waals surface area contributed by atoms with Crippen molar-refractivity contribution in [3.05, 3.63) is 35.4 Å². The van der Waals surface area contributed by atoms with Gasteiger partial charge in [-0.1, -0.05) is 31.2 Å². The van der Waals surface area contributed by atoms with Gasteiger partial charge < -0.3 is 15.2 Å². The Morgan fingerprint density at radius 2 is 1.82 bits per heavy atom. The van der Waals surface area contributed by atoms with Crippen LogP contribution in [0.5, 0.6) is 0 Å². The highest BCUT2D eigenvalue weighted by Gasteiger charge is 2.35. The van der Waals surface area contributed by atoms with Crippen molar-refractivity contribution in [2.45, 2.75) is 32.0 Å². The number of rotatable bonds is 4. The molecule has 0 aliphatic carbocycles. The van der Waals surface area contributed by atoms with Gasteiger partial charge in [-0.3, -0.25) is 0 Å². The summed E-state index contributed by atoms with van der Waals surface area (Å²) in [6, 6.07) is 8.46. The van der Waals surface area contributed by atoms with E-state index in [0.29, 0.717) is 13.0 Å². The largest absolute Gasteiger partial charge is 0.346 e. The maximum absolute atomic E-state index is 5.86. The molecule has 0 radical (unpaired) electrons. The zero-order valence-corrected chi connectivity index (χ0v) is 10.4. The summed E-state index contributed by atoms with van der Waals surface area (Å²) < 4.78 is 11.7. The normalized spacial score (nSPS) is 19.2. The molecule has 1 saturated heterocycles. The van der Waals surface area contributed by atoms with Crippen molar-refractivity contribution in [1.82, 2.24) is 0 Å². The van der Waals surface area contributed by atoms with Crippen molar-refractivity contribution < 1.29 is 9.47 Å². The first-order valence-corrected chi connectivity index (χ1v) is 6.38. The highest BCUT2D eigenvalue weighted by molar-refractivity contribution is 5.26. The van der Waals surface area contributed by atoms with Crippen LogP contribution < -0.4 is 5.73 Å². The summed E-state index contributed by atoms with van der Waals surface area (Å²) in [6.07, 6.45) is 2.71. The summed E-state index contributed by atoms with van der Waals surface area (Å²) in [4.78, 5) is 0. The second-order valence-electron chi connectivity index (χ2n) is 4.39. The van der Waals surface area contributed by atoms with E-state index in [1.807, 2.05) is 0 Å². The van der Waals surface area contributed by atoms with Crippen LogP contribution in [0.1, 0.15) is 30.9 Å². The van der Waals surface area contributed by atoms with E-state index < -0.39 is 5.79 Å². The third kappa shape index (κ3) is 2.68. The van der Waals surface area contributed by atoms with Crippen molar-refractivity contribution in [3.63, 3.8) is 0 Å². The van der Waals surface area contributed by atoms with Crippen LogP contribution in [0.25, 0.3) is 0 Å². The number of benzene rings is 1. The highest BCUT2D eigenvalue weighted by atomic mass is 16.7. The van der Waals surface area contributed by atoms with E-state index in [0.717, 1.165) is 31.6 Å². The Hall–Kier alpha value is -0.900. The molecule has 0 spiro atoms. The molecule has 17 heavy (non-hydrogen) atoms. The van der Waals surface area contributed by atoms with Gasteiger partial charge in [-0.15, -0.1) is 0 Å². The van der Waals surface area contributed by atoms with E-state index in [-0.39, 0.29) is 0 Å². The SMILES string of the molecule is CCc1ccc(C2(CCN)OCCCO2)cc1. The molecule has 1 aliphatic rings. The van der Waals surface area contributed by atoms with Crippen molar-refractivity contribution >= 4 is 0 Å². The smallest absolute Gasteiger partial charge is 0.195 e. The Labute approximate surface area is 103 Å². The lowest BCUT2D eigenvalue weighted by Gasteiger charge is -2.37. The van der Waals surface area contributed by atoms with Gasteiger partial charge >= 0.3 is 0 Å². The van der Waals surface area contributed by atoms with Crippen molar-refractivity contribution in [2.24, 2.45) is 5.73 Å². The third-order valence-electron chi connectivity index (χ3n) is 3.23. The van der Waals surface area contributed by atoms with Crippen LogP contribution >= 0.6 is 0 Å². The number of aryl methyl sites for hydroxylation is 1. The van der Waals surface area contributed by atoms with Gasteiger partial charge in [-0.2, -0.15) is 0 Å². The minimum atomic E-state index is -0.612. The first kappa shape index (κ1) is 12.6. The molecule has 0 saturated carbocycles. The fourth-order valence-electron chi connectivity index (χ4n) is 2.21. The Morgan fingerprint density at radius 3 is 2.35 bits per heavy atom. The number of ether oxygens (including phenoxy) is 2. The second kappa shape index (κ2) is 5.63. The topological polar surface area (TPSA) is 44.5 Å². The van der Waals surface area contributed by atoms with Gasteiger partial charge in [-0.25, -0.2) is 0 Å². The van der Waals surface area contributed by atoms with Crippen molar-refractivity contribution in [1.29, 1.82) is 0 Å². The molecule has 0 amide bonds. The van der Waals surface area contributed by atoms with Gasteiger partial charge in [0.2, 0.25) is 0 Å². The van der Waals surface area contributed by atoms with Crippen LogP contribution in [0, 0.1) is 0 Å². The van der Waals surface area contributed by atoms with Crippen LogP contribution in [0.2, 0.25) is 0 Å². The lowest BCUT2D eigenvalue weighted by molar-refractivity contribution is -0.278. The molecular formula is C14H21NO2. The Balaban J connectivity index is 2.24. The van der Waals surface area contributed by atoms with Crippen LogP contribution in [0.15, 0.2) is 24.3 Å². The monoisotopic (exact) mass is 235 g/mol. The minimum absolute atomic E-state index is 0.565. The van der Waals surface area contributed by atoms with Crippen LogP contribution in [-0.2, 0) is 21.7 Å². The van der Waals surface area contributed by atoms with E-state index in [2.05, 4.69) is 31.2 Å². The lowest BCUT2D eigenvalue weighted by Crippen LogP contribution is -2.39. The van der Waals surface area contributed by atoms with Gasteiger partial charge in [0.25, 0.3) is 0 Å². The van der Waals surface area contributed by atoms with Gasteiger partial charge in [0.1, 0.15) is 0 Å². The third-order valence-corrected chi connectivity index (χ3v) is 3.23. The predicted molar refractivity (Wildman–Crippen MR) is 67.7 cm³/mol. The lowest BCUT2D eigenvalue weighted by atomic mass is 9.99. The molecule has 1 aliphatic heterocycles. The van der Waals surface area contributed by atoms with E-state index in [1.54, 1.807) is 0 Å². The summed E-state index contributed by atoms with van der Waals surface area (Å²) >= 11 is 0. The molecule has 1 heterocycles. The molecule has 2 rings (SSSR count). The first-order valence-electron chi connectivity index (χ1n) is 6.38. The number of nitrogens with two attached hydrogens (primary N) is 1. The standard InChI is InChI=1S/C14H21NO2/c1-2-12-4-6-13(7-5-12)14(8-9-15)16-10-3-11-17-14/h4-7H,2-3,8-11,15H2,1H3.